The second-order valence-electron chi connectivity index (χ2n) is 6.69. The molecule has 8 heteroatoms. The number of carbonyl (C=O) groups excluding carboxylic acids is 2. The first kappa shape index (κ1) is 19.9. The van der Waals surface area contributed by atoms with Crippen LogP contribution in [0.15, 0.2) is 54.0 Å². The van der Waals surface area contributed by atoms with Gasteiger partial charge in [0.2, 0.25) is 5.91 Å². The summed E-state index contributed by atoms with van der Waals surface area (Å²) in [4.78, 5) is 31.6. The first-order valence-corrected chi connectivity index (χ1v) is 10.7. The van der Waals surface area contributed by atoms with Gasteiger partial charge in [-0.25, -0.2) is 4.98 Å². The summed E-state index contributed by atoms with van der Waals surface area (Å²) in [5.41, 5.74) is 2.10. The highest BCUT2D eigenvalue weighted by molar-refractivity contribution is 7.13. The van der Waals surface area contributed by atoms with Gasteiger partial charge in [-0.2, -0.15) is 0 Å². The van der Waals surface area contributed by atoms with Crippen LogP contribution in [0, 0.1) is 0 Å². The van der Waals surface area contributed by atoms with E-state index < -0.39 is 6.04 Å². The Morgan fingerprint density at radius 3 is 2.59 bits per heavy atom. The van der Waals surface area contributed by atoms with Gasteiger partial charge in [0.25, 0.3) is 5.91 Å². The Morgan fingerprint density at radius 2 is 1.90 bits per heavy atom. The molecule has 1 saturated heterocycles. The standard InChI is InChI=1S/C21H17Cl2N3O2S/c22-16-8-5-14(12-17(16)23)21(28)26-10-1-2-18(26)19(27)25-15-6-3-13(4-7-15)20-24-9-11-29-20/h3-9,11-12,18H,1-2,10H2,(H,25,27). The molecule has 0 saturated carbocycles. The fourth-order valence-corrected chi connectivity index (χ4v) is 4.31. The van der Waals surface area contributed by atoms with Crippen LogP contribution in [-0.4, -0.2) is 34.3 Å². The van der Waals surface area contributed by atoms with Crippen molar-refractivity contribution in [3.05, 3.63) is 69.7 Å². The Labute approximate surface area is 182 Å². The average molecular weight is 446 g/mol. The number of aromatic nitrogens is 1. The van der Waals surface area contributed by atoms with Crippen LogP contribution in [0.3, 0.4) is 0 Å². The van der Waals surface area contributed by atoms with Crippen LogP contribution < -0.4 is 5.32 Å². The highest BCUT2D eigenvalue weighted by Crippen LogP contribution is 2.27. The van der Waals surface area contributed by atoms with E-state index in [1.54, 1.807) is 34.6 Å². The molecule has 3 aromatic rings. The lowest BCUT2D eigenvalue weighted by atomic mass is 10.1. The van der Waals surface area contributed by atoms with Crippen LogP contribution in [0.1, 0.15) is 23.2 Å². The molecule has 1 aromatic heterocycles. The first-order chi connectivity index (χ1) is 14.0. The smallest absolute Gasteiger partial charge is 0.254 e. The normalized spacial score (nSPS) is 16.1. The van der Waals surface area contributed by atoms with Crippen LogP contribution in [0.2, 0.25) is 10.0 Å². The summed E-state index contributed by atoms with van der Waals surface area (Å²) in [6.07, 6.45) is 3.15. The van der Waals surface area contributed by atoms with E-state index in [-0.39, 0.29) is 11.8 Å². The van der Waals surface area contributed by atoms with Gasteiger partial charge < -0.3 is 10.2 Å². The number of thiazole rings is 1. The largest absolute Gasteiger partial charge is 0.327 e. The van der Waals surface area contributed by atoms with Crippen molar-refractivity contribution >= 4 is 52.0 Å². The third-order valence-corrected chi connectivity index (χ3v) is 6.38. The molecule has 148 valence electrons. The summed E-state index contributed by atoms with van der Waals surface area (Å²) in [5.74, 6) is -0.418. The van der Waals surface area contributed by atoms with E-state index in [0.717, 1.165) is 17.0 Å². The number of carbonyl (C=O) groups is 2. The van der Waals surface area contributed by atoms with Crippen molar-refractivity contribution in [2.75, 3.05) is 11.9 Å². The van der Waals surface area contributed by atoms with Crippen LogP contribution in [0.25, 0.3) is 10.6 Å². The summed E-state index contributed by atoms with van der Waals surface area (Å²) < 4.78 is 0. The molecule has 0 bridgehead atoms. The minimum atomic E-state index is -0.518. The Hall–Kier alpha value is -2.41. The van der Waals surface area contributed by atoms with E-state index in [0.29, 0.717) is 34.3 Å². The lowest BCUT2D eigenvalue weighted by molar-refractivity contribution is -0.119. The number of benzene rings is 2. The number of hydrogen-bond donors (Lipinski definition) is 1. The summed E-state index contributed by atoms with van der Waals surface area (Å²) in [7, 11) is 0. The van der Waals surface area contributed by atoms with Gasteiger partial charge in [0.05, 0.1) is 10.0 Å². The van der Waals surface area contributed by atoms with E-state index >= 15 is 0 Å². The Bertz CT molecular complexity index is 1040. The number of nitrogens with zero attached hydrogens (tertiary/aromatic N) is 2. The molecule has 0 radical (unpaired) electrons. The molecule has 1 unspecified atom stereocenters. The van der Waals surface area contributed by atoms with Crippen LogP contribution in [0.5, 0.6) is 0 Å². The van der Waals surface area contributed by atoms with Gasteiger partial charge >= 0.3 is 0 Å². The lowest BCUT2D eigenvalue weighted by Crippen LogP contribution is -2.43. The van der Waals surface area contributed by atoms with Gasteiger partial charge in [0, 0.05) is 34.9 Å². The highest BCUT2D eigenvalue weighted by atomic mass is 35.5. The monoisotopic (exact) mass is 445 g/mol. The molecule has 5 nitrogen and oxygen atoms in total. The highest BCUT2D eigenvalue weighted by Gasteiger charge is 2.34. The molecule has 1 aliphatic rings. The molecule has 1 fully saturated rings. The summed E-state index contributed by atoms with van der Waals surface area (Å²) in [6.45, 7) is 0.528. The number of amides is 2. The van der Waals surface area contributed by atoms with Crippen molar-refractivity contribution in [2.24, 2.45) is 0 Å². The van der Waals surface area contributed by atoms with Gasteiger partial charge in [-0.1, -0.05) is 23.2 Å². The maximum atomic E-state index is 12.9. The van der Waals surface area contributed by atoms with Crippen LogP contribution >= 0.6 is 34.5 Å². The van der Waals surface area contributed by atoms with Gasteiger partial charge in [0.15, 0.2) is 0 Å². The second-order valence-corrected chi connectivity index (χ2v) is 8.40. The molecule has 1 atom stereocenters. The van der Waals surface area contributed by atoms with E-state index in [9.17, 15) is 9.59 Å². The number of anilines is 1. The third-order valence-electron chi connectivity index (χ3n) is 4.81. The zero-order chi connectivity index (χ0) is 20.4. The summed E-state index contributed by atoms with van der Waals surface area (Å²) in [5, 5.41) is 6.47. The third kappa shape index (κ3) is 4.29. The topological polar surface area (TPSA) is 62.3 Å². The number of hydrogen-bond acceptors (Lipinski definition) is 4. The lowest BCUT2D eigenvalue weighted by Gasteiger charge is -2.24. The van der Waals surface area contributed by atoms with Crippen molar-refractivity contribution in [1.82, 2.24) is 9.88 Å². The Morgan fingerprint density at radius 1 is 1.10 bits per heavy atom. The molecule has 2 amide bonds. The van der Waals surface area contributed by atoms with E-state index in [1.165, 1.54) is 6.07 Å². The molecule has 0 aliphatic carbocycles. The van der Waals surface area contributed by atoms with Crippen LogP contribution in [-0.2, 0) is 4.79 Å². The van der Waals surface area contributed by atoms with Crippen molar-refractivity contribution < 1.29 is 9.59 Å². The van der Waals surface area contributed by atoms with Crippen molar-refractivity contribution in [1.29, 1.82) is 0 Å². The fraction of sp³-hybridized carbons (Fsp3) is 0.190. The quantitative estimate of drug-likeness (QED) is 0.587. The maximum Gasteiger partial charge on any atom is 0.254 e. The van der Waals surface area contributed by atoms with Crippen molar-refractivity contribution in [3.63, 3.8) is 0 Å². The number of rotatable bonds is 4. The molecule has 2 heterocycles. The Kier molecular flexibility index (Phi) is 5.85. The molecular formula is C21H17Cl2N3O2S. The van der Waals surface area contributed by atoms with E-state index in [4.69, 9.17) is 23.2 Å². The average Bonchev–Trinajstić information content (AvgIpc) is 3.42. The molecule has 29 heavy (non-hydrogen) atoms. The van der Waals surface area contributed by atoms with Gasteiger partial charge in [-0.3, -0.25) is 9.59 Å². The molecule has 0 spiro atoms. The number of halogens is 2. The summed E-state index contributed by atoms with van der Waals surface area (Å²) >= 11 is 13.5. The molecular weight excluding hydrogens is 429 g/mol. The van der Waals surface area contributed by atoms with Crippen molar-refractivity contribution in [2.45, 2.75) is 18.9 Å². The summed E-state index contributed by atoms with van der Waals surface area (Å²) in [6, 6.07) is 11.8. The first-order valence-electron chi connectivity index (χ1n) is 9.10. The molecule has 1 aliphatic heterocycles. The fourth-order valence-electron chi connectivity index (χ4n) is 3.37. The molecule has 1 N–H and O–H groups in total. The van der Waals surface area contributed by atoms with Crippen LogP contribution in [0.4, 0.5) is 5.69 Å². The van der Waals surface area contributed by atoms with E-state index in [1.807, 2.05) is 29.6 Å². The van der Waals surface area contributed by atoms with E-state index in [2.05, 4.69) is 10.3 Å². The zero-order valence-corrected chi connectivity index (χ0v) is 17.6. The number of nitrogens with one attached hydrogen (secondary N) is 1. The molecule has 2 aromatic carbocycles. The van der Waals surface area contributed by atoms with Gasteiger partial charge in [0.1, 0.15) is 11.0 Å². The maximum absolute atomic E-state index is 12.9. The minimum absolute atomic E-state index is 0.196. The Balaban J connectivity index is 1.46. The predicted octanol–water partition coefficient (Wildman–Crippen LogP) is 5.36. The molecule has 4 rings (SSSR count). The second kappa shape index (κ2) is 8.53. The van der Waals surface area contributed by atoms with Gasteiger partial charge in [-0.05, 0) is 55.3 Å². The van der Waals surface area contributed by atoms with Gasteiger partial charge in [-0.15, -0.1) is 11.3 Å². The predicted molar refractivity (Wildman–Crippen MR) is 117 cm³/mol. The number of likely N-dealkylation sites (tertiary alicyclic amines) is 1. The minimum Gasteiger partial charge on any atom is -0.327 e. The SMILES string of the molecule is O=C(Nc1ccc(-c2nccs2)cc1)C1CCCN1C(=O)c1ccc(Cl)c(Cl)c1. The van der Waals surface area contributed by atoms with Crippen molar-refractivity contribution in [3.8, 4) is 10.6 Å². The zero-order valence-electron chi connectivity index (χ0n) is 15.3.